The van der Waals surface area contributed by atoms with E-state index in [0.29, 0.717) is 24.4 Å². The van der Waals surface area contributed by atoms with E-state index in [9.17, 15) is 9.59 Å². The molecule has 60 valence electrons. The molecule has 2 saturated carbocycles. The average Bonchev–Trinajstić information content (AvgIpc) is 1.92. The molecule has 2 fully saturated rings. The Hall–Kier alpha value is -0.660. The lowest BCUT2D eigenvalue weighted by Crippen LogP contribution is -2.36. The minimum atomic E-state index is 0.106. The highest BCUT2D eigenvalue weighted by molar-refractivity contribution is 5.96. The van der Waals surface area contributed by atoms with Gasteiger partial charge in [-0.1, -0.05) is 6.42 Å². The number of Topliss-reactive ketones (excluding diaryl/α,β-unsaturated/α-hetero) is 2. The Labute approximate surface area is 66.0 Å². The Balaban J connectivity index is 2.19. The largest absolute Gasteiger partial charge is 0.300 e. The van der Waals surface area contributed by atoms with E-state index >= 15 is 0 Å². The summed E-state index contributed by atoms with van der Waals surface area (Å²) in [6, 6.07) is 0. The van der Waals surface area contributed by atoms with E-state index < -0.39 is 0 Å². The number of rotatable bonds is 0. The standard InChI is InChI=1S/C9H12O2/c10-8-4-6-2-1-3-7(5-8)9(6)11/h6-7H,1-5H2/t6-,7-/m1/s1. The first-order valence-corrected chi connectivity index (χ1v) is 4.33. The Bertz CT molecular complexity index is 190. The third-order valence-electron chi connectivity index (χ3n) is 2.86. The summed E-state index contributed by atoms with van der Waals surface area (Å²) in [6.45, 7) is 0. The van der Waals surface area contributed by atoms with Crippen LogP contribution in [0.3, 0.4) is 0 Å². The van der Waals surface area contributed by atoms with Gasteiger partial charge in [0.15, 0.2) is 0 Å². The van der Waals surface area contributed by atoms with Gasteiger partial charge in [-0.15, -0.1) is 0 Å². The molecule has 11 heavy (non-hydrogen) atoms. The molecule has 2 aliphatic carbocycles. The quantitative estimate of drug-likeness (QED) is 0.524. The molecule has 0 spiro atoms. The first-order valence-electron chi connectivity index (χ1n) is 4.33. The maximum absolute atomic E-state index is 11.4. The molecule has 2 heteroatoms. The molecule has 2 nitrogen and oxygen atoms in total. The van der Waals surface area contributed by atoms with Crippen LogP contribution in [0, 0.1) is 11.8 Å². The Morgan fingerprint density at radius 3 is 2.09 bits per heavy atom. The van der Waals surface area contributed by atoms with Crippen LogP contribution in [-0.4, -0.2) is 11.6 Å². The van der Waals surface area contributed by atoms with Gasteiger partial charge in [0, 0.05) is 24.7 Å². The number of carbonyl (C=O) groups is 2. The summed E-state index contributed by atoms with van der Waals surface area (Å²) >= 11 is 0. The second-order valence-electron chi connectivity index (χ2n) is 3.67. The zero-order chi connectivity index (χ0) is 7.84. The topological polar surface area (TPSA) is 34.1 Å². The SMILES string of the molecule is O=C1C[C@H]2CCC[C@H](C1)C2=O. The highest BCUT2D eigenvalue weighted by Gasteiger charge is 2.37. The van der Waals surface area contributed by atoms with Crippen LogP contribution in [0.2, 0.25) is 0 Å². The summed E-state index contributed by atoms with van der Waals surface area (Å²) in [7, 11) is 0. The number of hydrogen-bond donors (Lipinski definition) is 0. The van der Waals surface area contributed by atoms with Crippen LogP contribution >= 0.6 is 0 Å². The van der Waals surface area contributed by atoms with E-state index in [1.807, 2.05) is 0 Å². The normalized spacial score (nSPS) is 37.5. The van der Waals surface area contributed by atoms with Crippen LogP contribution in [0.4, 0.5) is 0 Å². The van der Waals surface area contributed by atoms with E-state index in [2.05, 4.69) is 0 Å². The maximum atomic E-state index is 11.4. The zero-order valence-corrected chi connectivity index (χ0v) is 6.51. The second-order valence-corrected chi connectivity index (χ2v) is 3.67. The van der Waals surface area contributed by atoms with Gasteiger partial charge in [-0.2, -0.15) is 0 Å². The van der Waals surface area contributed by atoms with Crippen molar-refractivity contribution < 1.29 is 9.59 Å². The van der Waals surface area contributed by atoms with E-state index in [4.69, 9.17) is 0 Å². The summed E-state index contributed by atoms with van der Waals surface area (Å²) < 4.78 is 0. The van der Waals surface area contributed by atoms with Gasteiger partial charge in [0.05, 0.1) is 0 Å². The lowest BCUT2D eigenvalue weighted by molar-refractivity contribution is -0.139. The van der Waals surface area contributed by atoms with Crippen molar-refractivity contribution in [2.75, 3.05) is 0 Å². The van der Waals surface area contributed by atoms with Crippen LogP contribution < -0.4 is 0 Å². The highest BCUT2D eigenvalue weighted by Crippen LogP contribution is 2.34. The lowest BCUT2D eigenvalue weighted by Gasteiger charge is -2.31. The van der Waals surface area contributed by atoms with Crippen LogP contribution in [-0.2, 0) is 9.59 Å². The molecule has 0 unspecified atom stereocenters. The van der Waals surface area contributed by atoms with Gasteiger partial charge >= 0.3 is 0 Å². The van der Waals surface area contributed by atoms with Gasteiger partial charge < -0.3 is 0 Å². The predicted octanol–water partition coefficient (Wildman–Crippen LogP) is 1.33. The molecule has 0 amide bonds. The zero-order valence-electron chi connectivity index (χ0n) is 6.51. The molecule has 2 rings (SSSR count). The van der Waals surface area contributed by atoms with E-state index in [-0.39, 0.29) is 11.8 Å². The number of ketones is 2. The van der Waals surface area contributed by atoms with Crippen molar-refractivity contribution in [1.82, 2.24) is 0 Å². The summed E-state index contributed by atoms with van der Waals surface area (Å²) in [6.07, 6.45) is 4.14. The molecular formula is C9H12O2. The van der Waals surface area contributed by atoms with Crippen molar-refractivity contribution in [2.45, 2.75) is 32.1 Å². The monoisotopic (exact) mass is 152 g/mol. The van der Waals surface area contributed by atoms with Crippen molar-refractivity contribution in [3.05, 3.63) is 0 Å². The molecule has 0 aromatic rings. The molecule has 2 aliphatic rings. The molecule has 0 N–H and O–H groups in total. The molecule has 2 atom stereocenters. The van der Waals surface area contributed by atoms with Crippen LogP contribution in [0.5, 0.6) is 0 Å². The summed E-state index contributed by atoms with van der Waals surface area (Å²) in [5.74, 6) is 0.889. The molecule has 0 aliphatic heterocycles. The fraction of sp³-hybridized carbons (Fsp3) is 0.778. The molecule has 0 heterocycles. The van der Waals surface area contributed by atoms with Crippen LogP contribution in [0.15, 0.2) is 0 Å². The average molecular weight is 152 g/mol. The molecule has 0 aromatic carbocycles. The van der Waals surface area contributed by atoms with Gasteiger partial charge in [0.25, 0.3) is 0 Å². The van der Waals surface area contributed by atoms with Gasteiger partial charge in [-0.3, -0.25) is 9.59 Å². The minimum Gasteiger partial charge on any atom is -0.300 e. The predicted molar refractivity (Wildman–Crippen MR) is 40.1 cm³/mol. The Kier molecular flexibility index (Phi) is 1.55. The molecule has 0 aromatic heterocycles. The first-order chi connectivity index (χ1) is 5.27. The fourth-order valence-electron chi connectivity index (χ4n) is 2.27. The molecule has 2 bridgehead atoms. The molecule has 0 saturated heterocycles. The number of fused-ring (bicyclic) bond motifs is 2. The van der Waals surface area contributed by atoms with Gasteiger partial charge in [-0.25, -0.2) is 0 Å². The lowest BCUT2D eigenvalue weighted by atomic mass is 9.71. The smallest absolute Gasteiger partial charge is 0.139 e. The van der Waals surface area contributed by atoms with Crippen molar-refractivity contribution in [3.63, 3.8) is 0 Å². The minimum absolute atomic E-state index is 0.106. The summed E-state index contributed by atoms with van der Waals surface area (Å²) in [5, 5.41) is 0. The Morgan fingerprint density at radius 2 is 1.55 bits per heavy atom. The van der Waals surface area contributed by atoms with E-state index in [0.717, 1.165) is 19.3 Å². The molecular weight excluding hydrogens is 140 g/mol. The number of hydrogen-bond acceptors (Lipinski definition) is 2. The maximum Gasteiger partial charge on any atom is 0.139 e. The number of carbonyl (C=O) groups excluding carboxylic acids is 2. The van der Waals surface area contributed by atoms with Gasteiger partial charge in [-0.05, 0) is 12.8 Å². The van der Waals surface area contributed by atoms with E-state index in [1.165, 1.54) is 0 Å². The van der Waals surface area contributed by atoms with Crippen molar-refractivity contribution in [3.8, 4) is 0 Å². The Morgan fingerprint density at radius 1 is 1.00 bits per heavy atom. The highest BCUT2D eigenvalue weighted by atomic mass is 16.1. The summed E-state index contributed by atoms with van der Waals surface area (Å²) in [5.41, 5.74) is 0. The first kappa shape index (κ1) is 7.01. The van der Waals surface area contributed by atoms with Gasteiger partial charge in [0.2, 0.25) is 0 Å². The van der Waals surface area contributed by atoms with E-state index in [1.54, 1.807) is 0 Å². The van der Waals surface area contributed by atoms with Crippen molar-refractivity contribution in [1.29, 1.82) is 0 Å². The third-order valence-corrected chi connectivity index (χ3v) is 2.86. The van der Waals surface area contributed by atoms with Gasteiger partial charge in [0.1, 0.15) is 11.6 Å². The van der Waals surface area contributed by atoms with Crippen molar-refractivity contribution >= 4 is 11.6 Å². The van der Waals surface area contributed by atoms with Crippen LogP contribution in [0.1, 0.15) is 32.1 Å². The second kappa shape index (κ2) is 2.43. The van der Waals surface area contributed by atoms with Crippen LogP contribution in [0.25, 0.3) is 0 Å². The van der Waals surface area contributed by atoms with Crippen molar-refractivity contribution in [2.24, 2.45) is 11.8 Å². The third kappa shape index (κ3) is 1.10. The fourth-order valence-corrected chi connectivity index (χ4v) is 2.27. The summed E-state index contributed by atoms with van der Waals surface area (Å²) in [4.78, 5) is 22.5. The molecule has 0 radical (unpaired) electrons.